The minimum absolute atomic E-state index is 0. The van der Waals surface area contributed by atoms with Gasteiger partial charge < -0.3 is 0 Å². The first-order valence-corrected chi connectivity index (χ1v) is 6.00. The largest absolute Gasteiger partial charge is 1.00 e. The molecule has 2 heteroatoms. The van der Waals surface area contributed by atoms with E-state index in [2.05, 4.69) is 32.1 Å². The third-order valence-electron chi connectivity index (χ3n) is 2.08. The summed E-state index contributed by atoms with van der Waals surface area (Å²) in [6.45, 7) is 4.63. The van der Waals surface area contributed by atoms with Gasteiger partial charge in [-0.15, -0.1) is 0 Å². The number of allylic oxidation sites excluding steroid dienone is 4. The zero-order valence-electron chi connectivity index (χ0n) is 7.85. The van der Waals surface area contributed by atoms with Crippen LogP contribution in [-0.2, 0) is 0 Å². The SMILES string of the molecule is CC[Si](CC)C1=CC=CC1.[Li+]. The summed E-state index contributed by atoms with van der Waals surface area (Å²) in [6.07, 6.45) is 8.04. The monoisotopic (exact) mass is 158 g/mol. The van der Waals surface area contributed by atoms with Gasteiger partial charge in [0.2, 0.25) is 0 Å². The number of hydrogen-bond acceptors (Lipinski definition) is 0. The molecule has 0 atom stereocenters. The van der Waals surface area contributed by atoms with Crippen LogP contribution >= 0.6 is 0 Å². The summed E-state index contributed by atoms with van der Waals surface area (Å²) >= 11 is 0. The van der Waals surface area contributed by atoms with Gasteiger partial charge in [-0.3, -0.25) is 0 Å². The molecule has 55 valence electrons. The van der Waals surface area contributed by atoms with Gasteiger partial charge in [-0.05, 0) is 6.42 Å². The van der Waals surface area contributed by atoms with Crippen LogP contribution in [-0.4, -0.2) is 8.80 Å². The van der Waals surface area contributed by atoms with Crippen LogP contribution in [0.2, 0.25) is 12.1 Å². The molecule has 0 aromatic heterocycles. The normalized spacial score (nSPS) is 15.0. The Balaban J connectivity index is 0.000001000. The van der Waals surface area contributed by atoms with Crippen LogP contribution < -0.4 is 18.9 Å². The van der Waals surface area contributed by atoms with Crippen LogP contribution in [0, 0.1) is 0 Å². The zero-order valence-corrected chi connectivity index (χ0v) is 8.85. The van der Waals surface area contributed by atoms with Crippen LogP contribution in [0.15, 0.2) is 23.4 Å². The van der Waals surface area contributed by atoms with Crippen molar-refractivity contribution in [3.63, 3.8) is 0 Å². The molecule has 0 aliphatic heterocycles. The summed E-state index contributed by atoms with van der Waals surface area (Å²) < 4.78 is 0. The first-order chi connectivity index (χ1) is 4.88. The van der Waals surface area contributed by atoms with E-state index in [1.165, 1.54) is 18.5 Å². The molecule has 0 nitrogen and oxygen atoms in total. The van der Waals surface area contributed by atoms with Crippen LogP contribution in [0.25, 0.3) is 0 Å². The van der Waals surface area contributed by atoms with Gasteiger partial charge in [-0.1, -0.05) is 49.4 Å². The molecule has 11 heavy (non-hydrogen) atoms. The van der Waals surface area contributed by atoms with Crippen molar-refractivity contribution in [1.29, 1.82) is 0 Å². The van der Waals surface area contributed by atoms with Gasteiger partial charge in [-0.25, -0.2) is 0 Å². The van der Waals surface area contributed by atoms with E-state index in [0.29, 0.717) is 0 Å². The number of rotatable bonds is 3. The van der Waals surface area contributed by atoms with E-state index >= 15 is 0 Å². The molecule has 0 heterocycles. The maximum absolute atomic E-state index is 2.32. The maximum Gasteiger partial charge on any atom is 1.00 e. The number of hydrogen-bond donors (Lipinski definition) is 0. The fraction of sp³-hybridized carbons (Fsp3) is 0.556. The molecular formula is C9H15LiSi+. The molecule has 0 aromatic rings. The summed E-state index contributed by atoms with van der Waals surface area (Å²) in [5.74, 6) is 0. The van der Waals surface area contributed by atoms with Crippen LogP contribution in [0.1, 0.15) is 20.3 Å². The molecular weight excluding hydrogens is 143 g/mol. The molecule has 0 amide bonds. The average Bonchev–Trinajstić information content (AvgIpc) is 2.43. The zero-order chi connectivity index (χ0) is 7.40. The van der Waals surface area contributed by atoms with Crippen molar-refractivity contribution >= 4 is 8.80 Å². The van der Waals surface area contributed by atoms with Crippen molar-refractivity contribution in [1.82, 2.24) is 0 Å². The molecule has 0 spiro atoms. The molecule has 0 N–H and O–H groups in total. The smallest absolute Gasteiger partial charge is 0.0809 e. The molecule has 0 unspecified atom stereocenters. The molecule has 0 aromatic carbocycles. The minimum atomic E-state index is -0.102. The Kier molecular flexibility index (Phi) is 6.04. The molecule has 0 fully saturated rings. The molecule has 0 saturated carbocycles. The fourth-order valence-corrected chi connectivity index (χ4v) is 3.56. The van der Waals surface area contributed by atoms with E-state index in [1.54, 1.807) is 5.20 Å². The molecule has 1 rings (SSSR count). The summed E-state index contributed by atoms with van der Waals surface area (Å²) in [6, 6.07) is 2.80. The quantitative estimate of drug-likeness (QED) is 0.505. The van der Waals surface area contributed by atoms with Crippen molar-refractivity contribution in [3.05, 3.63) is 23.4 Å². The Hall–Kier alpha value is 0.294. The van der Waals surface area contributed by atoms with Crippen LogP contribution in [0.5, 0.6) is 0 Å². The van der Waals surface area contributed by atoms with Crippen LogP contribution in [0.4, 0.5) is 0 Å². The second-order valence-electron chi connectivity index (χ2n) is 2.63. The average molecular weight is 158 g/mol. The van der Waals surface area contributed by atoms with Gasteiger partial charge in [0.15, 0.2) is 0 Å². The molecule has 0 saturated heterocycles. The molecule has 1 aliphatic rings. The van der Waals surface area contributed by atoms with E-state index < -0.39 is 0 Å². The van der Waals surface area contributed by atoms with Gasteiger partial charge in [0.25, 0.3) is 0 Å². The second-order valence-corrected chi connectivity index (χ2v) is 5.90. The van der Waals surface area contributed by atoms with Gasteiger partial charge in [-0.2, -0.15) is 0 Å². The standard InChI is InChI=1S/C9H15Si.Li/c1-3-10(4-2)9-7-5-6-8-9;/h5-7H,3-4,8H2,1-2H3;/q;+1. The Labute approximate surface area is 83.5 Å². The fourth-order valence-electron chi connectivity index (χ4n) is 1.41. The van der Waals surface area contributed by atoms with Crippen molar-refractivity contribution in [3.8, 4) is 0 Å². The first kappa shape index (κ1) is 11.3. The maximum atomic E-state index is 2.32. The summed E-state index contributed by atoms with van der Waals surface area (Å²) in [4.78, 5) is 0. The minimum Gasteiger partial charge on any atom is -0.0809 e. The van der Waals surface area contributed by atoms with Gasteiger partial charge in [0.05, 0.1) is 8.80 Å². The van der Waals surface area contributed by atoms with Crippen molar-refractivity contribution < 1.29 is 18.9 Å². The predicted octanol–water partition coefficient (Wildman–Crippen LogP) is -0.0495. The Morgan fingerprint density at radius 2 is 2.00 bits per heavy atom. The summed E-state index contributed by atoms with van der Waals surface area (Å²) in [7, 11) is -0.102. The van der Waals surface area contributed by atoms with Gasteiger partial charge in [0.1, 0.15) is 0 Å². The van der Waals surface area contributed by atoms with E-state index in [-0.39, 0.29) is 27.7 Å². The predicted molar refractivity (Wildman–Crippen MR) is 48.6 cm³/mol. The summed E-state index contributed by atoms with van der Waals surface area (Å²) in [5.41, 5.74) is 0. The third kappa shape index (κ3) is 3.03. The second kappa shape index (κ2) is 5.88. The third-order valence-corrected chi connectivity index (χ3v) is 5.07. The Morgan fingerprint density at radius 3 is 2.36 bits per heavy atom. The van der Waals surface area contributed by atoms with Crippen LogP contribution in [0.3, 0.4) is 0 Å². The van der Waals surface area contributed by atoms with E-state index in [0.717, 1.165) is 0 Å². The topological polar surface area (TPSA) is 0 Å². The first-order valence-electron chi connectivity index (χ1n) is 4.09. The Morgan fingerprint density at radius 1 is 1.36 bits per heavy atom. The van der Waals surface area contributed by atoms with Crippen molar-refractivity contribution in [2.45, 2.75) is 32.4 Å². The summed E-state index contributed by atoms with van der Waals surface area (Å²) in [5, 5.41) is 1.73. The van der Waals surface area contributed by atoms with E-state index in [4.69, 9.17) is 0 Å². The van der Waals surface area contributed by atoms with E-state index in [1.807, 2.05) is 0 Å². The molecule has 1 radical (unpaired) electrons. The van der Waals surface area contributed by atoms with Gasteiger partial charge >= 0.3 is 18.9 Å². The Bertz CT molecular complexity index is 157. The van der Waals surface area contributed by atoms with Crippen molar-refractivity contribution in [2.75, 3.05) is 0 Å². The van der Waals surface area contributed by atoms with Crippen molar-refractivity contribution in [2.24, 2.45) is 0 Å². The van der Waals surface area contributed by atoms with E-state index in [9.17, 15) is 0 Å². The van der Waals surface area contributed by atoms with Gasteiger partial charge in [0, 0.05) is 0 Å². The molecule has 0 bridgehead atoms. The molecule has 1 aliphatic carbocycles.